The number of nitrogens with zero attached hydrogens (tertiary/aromatic N) is 2. The number of aryl methyl sites for hydroxylation is 3. The topological polar surface area (TPSA) is 81.1 Å². The average molecular weight is 339 g/mol. The molecule has 0 bridgehead atoms. The molecule has 0 unspecified atom stereocenters. The molecule has 23 heavy (non-hydrogen) atoms. The van der Waals surface area contributed by atoms with E-state index in [1.165, 1.54) is 22.9 Å². The Labute approximate surface area is 134 Å². The molecule has 2 rings (SSSR count). The Morgan fingerprint density at radius 1 is 1.30 bits per heavy atom. The zero-order valence-electron chi connectivity index (χ0n) is 13.3. The Hall–Kier alpha value is -2.22. The summed E-state index contributed by atoms with van der Waals surface area (Å²) >= 11 is 0. The van der Waals surface area contributed by atoms with E-state index >= 15 is 0 Å². The van der Waals surface area contributed by atoms with E-state index in [1.54, 1.807) is 27.8 Å². The van der Waals surface area contributed by atoms with Crippen molar-refractivity contribution in [3.8, 4) is 0 Å². The van der Waals surface area contributed by atoms with Crippen LogP contribution in [0.25, 0.3) is 0 Å². The molecule has 0 radical (unpaired) electrons. The molecule has 8 heteroatoms. The lowest BCUT2D eigenvalue weighted by atomic mass is 10.1. The molecular formula is C15H18FN3O3S. The first kappa shape index (κ1) is 17.1. The third-order valence-corrected chi connectivity index (χ3v) is 4.82. The fraction of sp³-hybridized carbons (Fsp3) is 0.333. The Balaban J connectivity index is 2.22. The monoisotopic (exact) mass is 339 g/mol. The highest BCUT2D eigenvalue weighted by Gasteiger charge is 2.23. The number of carbonyl (C=O) groups excluding carboxylic acids is 1. The molecule has 0 aliphatic carbocycles. The molecule has 2 aromatic rings. The lowest BCUT2D eigenvalue weighted by Crippen LogP contribution is -2.32. The summed E-state index contributed by atoms with van der Waals surface area (Å²) in [6, 6.07) is 3.84. The average Bonchev–Trinajstić information content (AvgIpc) is 2.66. The van der Waals surface area contributed by atoms with Gasteiger partial charge >= 0.3 is 0 Å². The number of halogens is 1. The zero-order valence-corrected chi connectivity index (χ0v) is 14.2. The predicted molar refractivity (Wildman–Crippen MR) is 83.9 cm³/mol. The summed E-state index contributed by atoms with van der Waals surface area (Å²) in [5.41, 5.74) is 2.22. The van der Waals surface area contributed by atoms with Crippen LogP contribution in [0.1, 0.15) is 32.9 Å². The van der Waals surface area contributed by atoms with Crippen molar-refractivity contribution in [2.75, 3.05) is 0 Å². The number of carbonyl (C=O) groups is 1. The molecule has 1 aromatic heterocycles. The van der Waals surface area contributed by atoms with E-state index in [1.807, 2.05) is 4.72 Å². The summed E-state index contributed by atoms with van der Waals surface area (Å²) in [7, 11) is -2.22. The third kappa shape index (κ3) is 3.76. The molecule has 1 aromatic carbocycles. The number of amides is 1. The molecular weight excluding hydrogens is 321 g/mol. The van der Waals surface area contributed by atoms with Gasteiger partial charge in [-0.05, 0) is 44.0 Å². The van der Waals surface area contributed by atoms with E-state index in [0.29, 0.717) is 22.5 Å². The molecule has 6 nitrogen and oxygen atoms in total. The molecule has 0 saturated carbocycles. The van der Waals surface area contributed by atoms with Gasteiger partial charge < -0.3 is 0 Å². The molecule has 0 spiro atoms. The zero-order chi connectivity index (χ0) is 17.4. The van der Waals surface area contributed by atoms with Gasteiger partial charge in [-0.15, -0.1) is 0 Å². The normalized spacial score (nSPS) is 11.5. The summed E-state index contributed by atoms with van der Waals surface area (Å²) in [6.45, 7) is 4.94. The van der Waals surface area contributed by atoms with Crippen LogP contribution in [-0.4, -0.2) is 24.1 Å². The second-order valence-electron chi connectivity index (χ2n) is 5.43. The molecule has 0 fully saturated rings. The Morgan fingerprint density at radius 2 is 1.96 bits per heavy atom. The smallest absolute Gasteiger partial charge is 0.268 e. The Bertz CT molecular complexity index is 872. The van der Waals surface area contributed by atoms with Crippen LogP contribution in [0.5, 0.6) is 0 Å². The summed E-state index contributed by atoms with van der Waals surface area (Å²) in [6.07, 6.45) is 0. The SMILES string of the molecule is Cc1cc(F)ccc1CS(=O)(=O)NC(=O)c1c(C)nn(C)c1C. The van der Waals surface area contributed by atoms with E-state index in [9.17, 15) is 17.6 Å². The van der Waals surface area contributed by atoms with Crippen LogP contribution in [0.4, 0.5) is 4.39 Å². The summed E-state index contributed by atoms with van der Waals surface area (Å²) in [5, 5.41) is 4.09. The molecule has 124 valence electrons. The number of rotatable bonds is 4. The molecule has 0 atom stereocenters. The van der Waals surface area contributed by atoms with E-state index < -0.39 is 27.5 Å². The summed E-state index contributed by atoms with van der Waals surface area (Å²) in [4.78, 5) is 12.2. The second kappa shape index (κ2) is 6.11. The van der Waals surface area contributed by atoms with Gasteiger partial charge in [-0.3, -0.25) is 9.48 Å². The standard InChI is InChI=1S/C15H18FN3O3S/c1-9-7-13(16)6-5-12(9)8-23(21,22)18-15(20)14-10(2)17-19(4)11(14)3/h5-7H,8H2,1-4H3,(H,18,20). The minimum Gasteiger partial charge on any atom is -0.272 e. The molecule has 0 saturated heterocycles. The summed E-state index contributed by atoms with van der Waals surface area (Å²) in [5.74, 6) is -1.55. The highest BCUT2D eigenvalue weighted by molar-refractivity contribution is 7.89. The van der Waals surface area contributed by atoms with E-state index in [4.69, 9.17) is 0 Å². The first-order chi connectivity index (χ1) is 10.6. The second-order valence-corrected chi connectivity index (χ2v) is 7.15. The maximum Gasteiger partial charge on any atom is 0.268 e. The fourth-order valence-electron chi connectivity index (χ4n) is 2.36. The van der Waals surface area contributed by atoms with Crippen molar-refractivity contribution in [1.82, 2.24) is 14.5 Å². The van der Waals surface area contributed by atoms with Crippen molar-refractivity contribution in [3.05, 3.63) is 52.1 Å². The van der Waals surface area contributed by atoms with Crippen LogP contribution in [0.15, 0.2) is 18.2 Å². The van der Waals surface area contributed by atoms with Gasteiger partial charge in [-0.1, -0.05) is 6.07 Å². The van der Waals surface area contributed by atoms with Crippen molar-refractivity contribution in [3.63, 3.8) is 0 Å². The highest BCUT2D eigenvalue weighted by atomic mass is 32.2. The van der Waals surface area contributed by atoms with Crippen LogP contribution in [-0.2, 0) is 22.8 Å². The Morgan fingerprint density at radius 3 is 2.48 bits per heavy atom. The lowest BCUT2D eigenvalue weighted by molar-refractivity contribution is 0.0980. The van der Waals surface area contributed by atoms with Crippen LogP contribution in [0, 0.1) is 26.6 Å². The van der Waals surface area contributed by atoms with E-state index in [-0.39, 0.29) is 5.56 Å². The van der Waals surface area contributed by atoms with Gasteiger partial charge in [0, 0.05) is 12.7 Å². The van der Waals surface area contributed by atoms with Gasteiger partial charge in [-0.25, -0.2) is 17.5 Å². The van der Waals surface area contributed by atoms with Crippen molar-refractivity contribution in [2.45, 2.75) is 26.5 Å². The van der Waals surface area contributed by atoms with E-state index in [2.05, 4.69) is 5.10 Å². The number of nitrogens with one attached hydrogen (secondary N) is 1. The Kier molecular flexibility index (Phi) is 4.56. The minimum absolute atomic E-state index is 0.243. The lowest BCUT2D eigenvalue weighted by Gasteiger charge is -2.09. The van der Waals surface area contributed by atoms with Crippen molar-refractivity contribution in [2.24, 2.45) is 7.05 Å². The predicted octanol–water partition coefficient (Wildman–Crippen LogP) is 1.74. The minimum atomic E-state index is -3.90. The molecule has 0 aliphatic heterocycles. The maximum atomic E-state index is 13.1. The van der Waals surface area contributed by atoms with Gasteiger partial charge in [0.05, 0.1) is 17.0 Å². The van der Waals surface area contributed by atoms with Gasteiger partial charge in [0.25, 0.3) is 5.91 Å². The molecule has 1 heterocycles. The maximum absolute atomic E-state index is 13.1. The summed E-state index contributed by atoms with van der Waals surface area (Å²) < 4.78 is 41.0. The van der Waals surface area contributed by atoms with Crippen molar-refractivity contribution in [1.29, 1.82) is 0 Å². The van der Waals surface area contributed by atoms with Gasteiger partial charge in [0.2, 0.25) is 10.0 Å². The van der Waals surface area contributed by atoms with Gasteiger partial charge in [0.1, 0.15) is 5.82 Å². The van der Waals surface area contributed by atoms with Gasteiger partial charge in [0.15, 0.2) is 0 Å². The highest BCUT2D eigenvalue weighted by Crippen LogP contribution is 2.15. The van der Waals surface area contributed by atoms with Crippen LogP contribution in [0.3, 0.4) is 0 Å². The largest absolute Gasteiger partial charge is 0.272 e. The first-order valence-corrected chi connectivity index (χ1v) is 8.56. The van der Waals surface area contributed by atoms with Crippen molar-refractivity contribution < 1.29 is 17.6 Å². The quantitative estimate of drug-likeness (QED) is 0.920. The molecule has 1 amide bonds. The molecule has 1 N–H and O–H groups in total. The number of sulfonamides is 1. The third-order valence-electron chi connectivity index (χ3n) is 3.63. The van der Waals surface area contributed by atoms with Crippen LogP contribution < -0.4 is 4.72 Å². The van der Waals surface area contributed by atoms with E-state index in [0.717, 1.165) is 0 Å². The number of hydrogen-bond donors (Lipinski definition) is 1. The van der Waals surface area contributed by atoms with Crippen LogP contribution in [0.2, 0.25) is 0 Å². The fourth-order valence-corrected chi connectivity index (χ4v) is 3.55. The van der Waals surface area contributed by atoms with Gasteiger partial charge in [-0.2, -0.15) is 5.10 Å². The molecule has 0 aliphatic rings. The van der Waals surface area contributed by atoms with Crippen LogP contribution >= 0.6 is 0 Å². The number of hydrogen-bond acceptors (Lipinski definition) is 4. The van der Waals surface area contributed by atoms with Crippen molar-refractivity contribution >= 4 is 15.9 Å². The number of aromatic nitrogens is 2. The first-order valence-electron chi connectivity index (χ1n) is 6.91. The number of benzene rings is 1.